The third-order valence-electron chi connectivity index (χ3n) is 2.95. The summed E-state index contributed by atoms with van der Waals surface area (Å²) in [6.07, 6.45) is 0. The number of hydrogen-bond acceptors (Lipinski definition) is 4. The Morgan fingerprint density at radius 1 is 1.00 bits per heavy atom. The zero-order chi connectivity index (χ0) is 14.5. The average Bonchev–Trinajstić information content (AvgIpc) is 2.98. The Morgan fingerprint density at radius 3 is 2.33 bits per heavy atom. The van der Waals surface area contributed by atoms with Crippen LogP contribution in [-0.2, 0) is 5.75 Å². The smallest absolute Gasteiger partial charge is 0.320 e. The lowest BCUT2D eigenvalue weighted by Crippen LogP contribution is -1.99. The van der Waals surface area contributed by atoms with Crippen LogP contribution in [0.15, 0.2) is 65.8 Å². The summed E-state index contributed by atoms with van der Waals surface area (Å²) in [4.78, 5) is 4.41. The van der Waals surface area contributed by atoms with Crippen LogP contribution in [0.4, 0.5) is 0 Å². The SMILES string of the molecule is COc1nc(SCc2ccccc2)nn1-c1ccccc1. The first-order chi connectivity index (χ1) is 10.4. The highest BCUT2D eigenvalue weighted by Gasteiger charge is 2.12. The molecule has 3 aromatic rings. The van der Waals surface area contributed by atoms with Gasteiger partial charge in [-0.2, -0.15) is 9.67 Å². The van der Waals surface area contributed by atoms with Crippen LogP contribution in [0.25, 0.3) is 5.69 Å². The zero-order valence-corrected chi connectivity index (χ0v) is 12.5. The molecule has 0 atom stereocenters. The Kier molecular flexibility index (Phi) is 4.21. The summed E-state index contributed by atoms with van der Waals surface area (Å²) in [6.45, 7) is 0. The summed E-state index contributed by atoms with van der Waals surface area (Å²) in [5.74, 6) is 0.836. The van der Waals surface area contributed by atoms with Gasteiger partial charge in [0, 0.05) is 5.75 Å². The summed E-state index contributed by atoms with van der Waals surface area (Å²) in [5.41, 5.74) is 2.19. The fourth-order valence-corrected chi connectivity index (χ4v) is 2.70. The molecular formula is C16H15N3OS. The fraction of sp³-hybridized carbons (Fsp3) is 0.125. The van der Waals surface area contributed by atoms with E-state index in [-0.39, 0.29) is 0 Å². The summed E-state index contributed by atoms with van der Waals surface area (Å²) >= 11 is 1.60. The third-order valence-corrected chi connectivity index (χ3v) is 3.86. The highest BCUT2D eigenvalue weighted by Crippen LogP contribution is 2.24. The van der Waals surface area contributed by atoms with E-state index >= 15 is 0 Å². The lowest BCUT2D eigenvalue weighted by atomic mass is 10.2. The van der Waals surface area contributed by atoms with Crippen LogP contribution >= 0.6 is 11.8 Å². The summed E-state index contributed by atoms with van der Waals surface area (Å²) in [7, 11) is 1.61. The average molecular weight is 297 g/mol. The molecule has 0 aliphatic rings. The maximum atomic E-state index is 5.31. The number of para-hydroxylation sites is 1. The second kappa shape index (κ2) is 6.45. The van der Waals surface area contributed by atoms with Gasteiger partial charge in [-0.1, -0.05) is 60.3 Å². The molecule has 106 valence electrons. The molecule has 0 unspecified atom stereocenters. The molecule has 3 rings (SSSR count). The first-order valence-corrected chi connectivity index (χ1v) is 7.58. The number of benzene rings is 2. The van der Waals surface area contributed by atoms with Crippen LogP contribution in [0, 0.1) is 0 Å². The molecule has 5 heteroatoms. The van der Waals surface area contributed by atoms with E-state index in [1.165, 1.54) is 5.56 Å². The summed E-state index contributed by atoms with van der Waals surface area (Å²) in [6, 6.07) is 20.6. The van der Waals surface area contributed by atoms with Crippen molar-refractivity contribution in [3.8, 4) is 11.7 Å². The van der Waals surface area contributed by atoms with Gasteiger partial charge in [-0.15, -0.1) is 5.10 Å². The number of thioether (sulfide) groups is 1. The Morgan fingerprint density at radius 2 is 1.67 bits per heavy atom. The van der Waals surface area contributed by atoms with E-state index in [4.69, 9.17) is 4.74 Å². The van der Waals surface area contributed by atoms with Crippen molar-refractivity contribution in [3.05, 3.63) is 66.2 Å². The molecule has 21 heavy (non-hydrogen) atoms. The van der Waals surface area contributed by atoms with Crippen molar-refractivity contribution < 1.29 is 4.74 Å². The van der Waals surface area contributed by atoms with Gasteiger partial charge in [-0.3, -0.25) is 0 Å². The van der Waals surface area contributed by atoms with E-state index in [1.807, 2.05) is 48.5 Å². The third kappa shape index (κ3) is 3.25. The lowest BCUT2D eigenvalue weighted by Gasteiger charge is -2.02. The van der Waals surface area contributed by atoms with Gasteiger partial charge in [0.1, 0.15) is 0 Å². The predicted molar refractivity (Wildman–Crippen MR) is 83.9 cm³/mol. The van der Waals surface area contributed by atoms with Gasteiger partial charge in [0.05, 0.1) is 12.8 Å². The van der Waals surface area contributed by atoms with Crippen LogP contribution < -0.4 is 4.74 Å². The topological polar surface area (TPSA) is 39.9 Å². The van der Waals surface area contributed by atoms with E-state index in [1.54, 1.807) is 23.6 Å². The van der Waals surface area contributed by atoms with Gasteiger partial charge in [-0.25, -0.2) is 0 Å². The van der Waals surface area contributed by atoms with Gasteiger partial charge in [-0.05, 0) is 17.7 Å². The number of aromatic nitrogens is 3. The minimum atomic E-state index is 0.497. The molecule has 4 nitrogen and oxygen atoms in total. The molecule has 0 aliphatic carbocycles. The molecular weight excluding hydrogens is 282 g/mol. The fourth-order valence-electron chi connectivity index (χ4n) is 1.93. The van der Waals surface area contributed by atoms with E-state index in [9.17, 15) is 0 Å². The first-order valence-electron chi connectivity index (χ1n) is 6.60. The molecule has 0 aliphatic heterocycles. The second-order valence-electron chi connectivity index (χ2n) is 4.40. The highest BCUT2D eigenvalue weighted by atomic mass is 32.2. The standard InChI is InChI=1S/C16H15N3OS/c1-20-16-17-15(21-12-13-8-4-2-5-9-13)18-19(16)14-10-6-3-7-11-14/h2-11H,12H2,1H3. The Hall–Kier alpha value is -2.27. The van der Waals surface area contributed by atoms with Crippen LogP contribution in [0.2, 0.25) is 0 Å². The maximum absolute atomic E-state index is 5.31. The molecule has 1 heterocycles. The molecule has 2 aromatic carbocycles. The number of ether oxygens (including phenoxy) is 1. The van der Waals surface area contributed by atoms with E-state index < -0.39 is 0 Å². The number of hydrogen-bond donors (Lipinski definition) is 0. The Bertz CT molecular complexity index is 698. The minimum absolute atomic E-state index is 0.497. The largest absolute Gasteiger partial charge is 0.467 e. The molecule has 1 aromatic heterocycles. The van der Waals surface area contributed by atoms with Crippen molar-refractivity contribution in [2.75, 3.05) is 7.11 Å². The van der Waals surface area contributed by atoms with Crippen molar-refractivity contribution in [3.63, 3.8) is 0 Å². The molecule has 0 saturated heterocycles. The molecule has 0 bridgehead atoms. The van der Waals surface area contributed by atoms with Crippen LogP contribution in [0.1, 0.15) is 5.56 Å². The van der Waals surface area contributed by atoms with Gasteiger partial charge in [0.2, 0.25) is 5.16 Å². The highest BCUT2D eigenvalue weighted by molar-refractivity contribution is 7.98. The van der Waals surface area contributed by atoms with Crippen LogP contribution in [0.3, 0.4) is 0 Å². The van der Waals surface area contributed by atoms with Crippen molar-refractivity contribution in [2.24, 2.45) is 0 Å². The maximum Gasteiger partial charge on any atom is 0.320 e. The molecule has 0 N–H and O–H groups in total. The van der Waals surface area contributed by atoms with E-state index in [2.05, 4.69) is 22.2 Å². The van der Waals surface area contributed by atoms with E-state index in [0.717, 1.165) is 11.4 Å². The normalized spacial score (nSPS) is 10.5. The monoisotopic (exact) mass is 297 g/mol. The molecule has 0 fully saturated rings. The number of rotatable bonds is 5. The van der Waals surface area contributed by atoms with Crippen molar-refractivity contribution >= 4 is 11.8 Å². The molecule has 0 radical (unpaired) electrons. The Balaban J connectivity index is 1.80. The van der Waals surface area contributed by atoms with Gasteiger partial charge < -0.3 is 4.74 Å². The Labute approximate surface area is 127 Å². The zero-order valence-electron chi connectivity index (χ0n) is 11.6. The number of methoxy groups -OCH3 is 1. The molecule has 0 saturated carbocycles. The van der Waals surface area contributed by atoms with Crippen molar-refractivity contribution in [1.82, 2.24) is 14.8 Å². The van der Waals surface area contributed by atoms with Gasteiger partial charge in [0.15, 0.2) is 0 Å². The minimum Gasteiger partial charge on any atom is -0.467 e. The van der Waals surface area contributed by atoms with Crippen molar-refractivity contribution in [2.45, 2.75) is 10.9 Å². The number of nitrogens with zero attached hydrogens (tertiary/aromatic N) is 3. The van der Waals surface area contributed by atoms with Crippen LogP contribution in [-0.4, -0.2) is 21.9 Å². The van der Waals surface area contributed by atoms with Crippen LogP contribution in [0.5, 0.6) is 6.01 Å². The molecule has 0 amide bonds. The summed E-state index contributed by atoms with van der Waals surface area (Å²) in [5, 5.41) is 5.22. The lowest BCUT2D eigenvalue weighted by molar-refractivity contribution is 0.368. The first kappa shape index (κ1) is 13.7. The second-order valence-corrected chi connectivity index (χ2v) is 5.35. The molecule has 0 spiro atoms. The predicted octanol–water partition coefficient (Wildman–Crippen LogP) is 3.57. The van der Waals surface area contributed by atoms with Gasteiger partial charge in [0.25, 0.3) is 0 Å². The summed E-state index contributed by atoms with van der Waals surface area (Å²) < 4.78 is 7.02. The quantitative estimate of drug-likeness (QED) is 0.675. The van der Waals surface area contributed by atoms with Gasteiger partial charge >= 0.3 is 6.01 Å². The van der Waals surface area contributed by atoms with Crippen molar-refractivity contribution in [1.29, 1.82) is 0 Å². The van der Waals surface area contributed by atoms with E-state index in [0.29, 0.717) is 11.2 Å².